The predicted molar refractivity (Wildman–Crippen MR) is 52.8 cm³/mol. The molecule has 3 unspecified atom stereocenters. The summed E-state index contributed by atoms with van der Waals surface area (Å²) in [5.41, 5.74) is 0. The first-order valence-corrected chi connectivity index (χ1v) is 5.39. The minimum Gasteiger partial charge on any atom is -0.384 e. The van der Waals surface area contributed by atoms with Crippen molar-refractivity contribution >= 4 is 5.91 Å². The zero-order chi connectivity index (χ0) is 10.1. The second kappa shape index (κ2) is 3.87. The number of likely N-dealkylation sites (tertiary alicyclic amines) is 1. The molecular formula is C10H18N2O2. The van der Waals surface area contributed by atoms with Crippen LogP contribution < -0.4 is 5.32 Å². The van der Waals surface area contributed by atoms with Crippen LogP contribution in [0, 0.1) is 0 Å². The van der Waals surface area contributed by atoms with Crippen LogP contribution in [0.2, 0.25) is 0 Å². The number of carbonyl (C=O) groups excluding carboxylic acids is 1. The van der Waals surface area contributed by atoms with Gasteiger partial charge in [0.05, 0.1) is 0 Å². The molecule has 2 aliphatic rings. The van der Waals surface area contributed by atoms with Crippen molar-refractivity contribution in [2.24, 2.45) is 0 Å². The molecule has 1 amide bonds. The first kappa shape index (κ1) is 9.93. The summed E-state index contributed by atoms with van der Waals surface area (Å²) in [5.74, 6) is -0.126. The van der Waals surface area contributed by atoms with Crippen LogP contribution in [0.4, 0.5) is 0 Å². The molecule has 14 heavy (non-hydrogen) atoms. The van der Waals surface area contributed by atoms with E-state index in [9.17, 15) is 9.90 Å². The molecule has 0 radical (unpaired) electrons. The summed E-state index contributed by atoms with van der Waals surface area (Å²) in [5, 5.41) is 12.7. The third-order valence-electron chi connectivity index (χ3n) is 3.19. The molecule has 4 heteroatoms. The van der Waals surface area contributed by atoms with Crippen LogP contribution in [-0.2, 0) is 4.79 Å². The van der Waals surface area contributed by atoms with Gasteiger partial charge in [-0.2, -0.15) is 0 Å². The first-order chi connectivity index (χ1) is 6.66. The van der Waals surface area contributed by atoms with Crippen LogP contribution in [-0.4, -0.2) is 47.2 Å². The van der Waals surface area contributed by atoms with Crippen molar-refractivity contribution in [2.75, 3.05) is 13.1 Å². The Balaban J connectivity index is 1.98. The van der Waals surface area contributed by atoms with Crippen LogP contribution in [0.5, 0.6) is 0 Å². The van der Waals surface area contributed by atoms with Crippen molar-refractivity contribution in [3.8, 4) is 0 Å². The van der Waals surface area contributed by atoms with Gasteiger partial charge in [0.1, 0.15) is 6.10 Å². The van der Waals surface area contributed by atoms with Crippen molar-refractivity contribution in [1.29, 1.82) is 0 Å². The Morgan fingerprint density at radius 3 is 2.86 bits per heavy atom. The Hall–Kier alpha value is -0.610. The number of carbonyl (C=O) groups is 1. The maximum atomic E-state index is 11.6. The SMILES string of the molecule is CC(O)C(=O)N1CCC2CCC(C1)N2. The molecule has 2 aliphatic heterocycles. The average Bonchev–Trinajstić information content (AvgIpc) is 2.45. The van der Waals surface area contributed by atoms with Crippen molar-refractivity contribution in [2.45, 2.75) is 44.4 Å². The molecule has 0 aromatic heterocycles. The summed E-state index contributed by atoms with van der Waals surface area (Å²) in [4.78, 5) is 13.4. The lowest BCUT2D eigenvalue weighted by Crippen LogP contribution is -2.43. The summed E-state index contributed by atoms with van der Waals surface area (Å²) in [6, 6.07) is 1.04. The lowest BCUT2D eigenvalue weighted by molar-refractivity contribution is -0.139. The van der Waals surface area contributed by atoms with E-state index in [1.807, 2.05) is 0 Å². The van der Waals surface area contributed by atoms with Gasteiger partial charge in [-0.05, 0) is 26.2 Å². The van der Waals surface area contributed by atoms with Gasteiger partial charge in [-0.25, -0.2) is 0 Å². The Bertz CT molecular complexity index is 230. The molecule has 2 bridgehead atoms. The first-order valence-electron chi connectivity index (χ1n) is 5.39. The Kier molecular flexibility index (Phi) is 2.74. The third-order valence-corrected chi connectivity index (χ3v) is 3.19. The molecule has 0 saturated carbocycles. The lowest BCUT2D eigenvalue weighted by atomic mass is 10.1. The van der Waals surface area contributed by atoms with Crippen molar-refractivity contribution in [1.82, 2.24) is 10.2 Å². The number of aliphatic hydroxyl groups excluding tert-OH is 1. The Labute approximate surface area is 84.3 Å². The van der Waals surface area contributed by atoms with Gasteiger partial charge in [0.2, 0.25) is 0 Å². The summed E-state index contributed by atoms with van der Waals surface area (Å²) in [7, 11) is 0. The second-order valence-electron chi connectivity index (χ2n) is 4.39. The number of rotatable bonds is 1. The molecule has 0 aromatic carbocycles. The number of fused-ring (bicyclic) bond motifs is 2. The summed E-state index contributed by atoms with van der Waals surface area (Å²) < 4.78 is 0. The largest absolute Gasteiger partial charge is 0.384 e. The highest BCUT2D eigenvalue weighted by Crippen LogP contribution is 2.20. The van der Waals surface area contributed by atoms with Gasteiger partial charge in [0, 0.05) is 25.2 Å². The van der Waals surface area contributed by atoms with E-state index in [0.717, 1.165) is 25.9 Å². The third kappa shape index (κ3) is 1.91. The molecule has 0 aromatic rings. The molecule has 4 nitrogen and oxygen atoms in total. The van der Waals surface area contributed by atoms with Gasteiger partial charge in [-0.15, -0.1) is 0 Å². The maximum absolute atomic E-state index is 11.6. The summed E-state index contributed by atoms with van der Waals surface area (Å²) in [6.45, 7) is 3.09. The van der Waals surface area contributed by atoms with Gasteiger partial charge in [0.15, 0.2) is 0 Å². The number of amides is 1. The van der Waals surface area contributed by atoms with Gasteiger partial charge < -0.3 is 15.3 Å². The van der Waals surface area contributed by atoms with E-state index in [2.05, 4.69) is 5.32 Å². The Morgan fingerprint density at radius 1 is 1.43 bits per heavy atom. The van der Waals surface area contributed by atoms with Crippen molar-refractivity contribution < 1.29 is 9.90 Å². The molecule has 2 fully saturated rings. The standard InChI is InChI=1S/C10H18N2O2/c1-7(13)10(14)12-5-4-8-2-3-9(6-12)11-8/h7-9,11,13H,2-6H2,1H3. The van der Waals surface area contributed by atoms with Crippen LogP contribution in [0.25, 0.3) is 0 Å². The summed E-state index contributed by atoms with van der Waals surface area (Å²) >= 11 is 0. The van der Waals surface area contributed by atoms with Crippen LogP contribution in [0.15, 0.2) is 0 Å². The quantitative estimate of drug-likeness (QED) is 0.609. The Morgan fingerprint density at radius 2 is 2.14 bits per heavy atom. The second-order valence-corrected chi connectivity index (χ2v) is 4.39. The van der Waals surface area contributed by atoms with E-state index in [1.54, 1.807) is 11.8 Å². The molecule has 2 rings (SSSR count). The number of nitrogens with zero attached hydrogens (tertiary/aromatic N) is 1. The zero-order valence-electron chi connectivity index (χ0n) is 8.57. The minimum absolute atomic E-state index is 0.126. The van der Waals surface area contributed by atoms with Gasteiger partial charge in [-0.3, -0.25) is 4.79 Å². The molecule has 0 aliphatic carbocycles. The van der Waals surface area contributed by atoms with Gasteiger partial charge in [0.25, 0.3) is 5.91 Å². The number of hydrogen-bond acceptors (Lipinski definition) is 3. The average molecular weight is 198 g/mol. The van der Waals surface area contributed by atoms with E-state index in [4.69, 9.17) is 0 Å². The topological polar surface area (TPSA) is 52.6 Å². The fraction of sp³-hybridized carbons (Fsp3) is 0.900. The highest BCUT2D eigenvalue weighted by Gasteiger charge is 2.31. The van der Waals surface area contributed by atoms with E-state index in [0.29, 0.717) is 12.1 Å². The fourth-order valence-corrected chi connectivity index (χ4v) is 2.41. The van der Waals surface area contributed by atoms with Crippen LogP contribution >= 0.6 is 0 Å². The number of hydrogen-bond donors (Lipinski definition) is 2. The van der Waals surface area contributed by atoms with E-state index in [1.165, 1.54) is 6.42 Å². The smallest absolute Gasteiger partial charge is 0.251 e. The minimum atomic E-state index is -0.855. The lowest BCUT2D eigenvalue weighted by Gasteiger charge is -2.25. The molecule has 2 N–H and O–H groups in total. The maximum Gasteiger partial charge on any atom is 0.251 e. The summed E-state index contributed by atoms with van der Waals surface area (Å²) in [6.07, 6.45) is 2.57. The van der Waals surface area contributed by atoms with Crippen LogP contribution in [0.1, 0.15) is 26.2 Å². The number of nitrogens with one attached hydrogen (secondary N) is 1. The fourth-order valence-electron chi connectivity index (χ4n) is 2.41. The zero-order valence-corrected chi connectivity index (χ0v) is 8.57. The normalized spacial score (nSPS) is 34.0. The molecule has 80 valence electrons. The van der Waals surface area contributed by atoms with Crippen molar-refractivity contribution in [3.63, 3.8) is 0 Å². The number of aliphatic hydroxyl groups is 1. The monoisotopic (exact) mass is 198 g/mol. The van der Waals surface area contributed by atoms with Crippen LogP contribution in [0.3, 0.4) is 0 Å². The van der Waals surface area contributed by atoms with Crippen molar-refractivity contribution in [3.05, 3.63) is 0 Å². The molecule has 3 atom stereocenters. The van der Waals surface area contributed by atoms with E-state index in [-0.39, 0.29) is 5.91 Å². The highest BCUT2D eigenvalue weighted by atomic mass is 16.3. The molecule has 0 spiro atoms. The van der Waals surface area contributed by atoms with Gasteiger partial charge in [-0.1, -0.05) is 0 Å². The van der Waals surface area contributed by atoms with Gasteiger partial charge >= 0.3 is 0 Å². The molecule has 2 heterocycles. The highest BCUT2D eigenvalue weighted by molar-refractivity contribution is 5.80. The molecule has 2 saturated heterocycles. The van der Waals surface area contributed by atoms with E-state index >= 15 is 0 Å². The van der Waals surface area contributed by atoms with E-state index < -0.39 is 6.10 Å². The predicted octanol–water partition coefficient (Wildman–Crippen LogP) is -0.280. The molecular weight excluding hydrogens is 180 g/mol.